The highest BCUT2D eigenvalue weighted by Crippen LogP contribution is 2.35. The molecule has 2 aromatic heterocycles. The second kappa shape index (κ2) is 6.75. The molecule has 7 heteroatoms. The number of carbonyl (C=O) groups excluding carboxylic acids is 1. The molecule has 1 aromatic carbocycles. The minimum atomic E-state index is -0.331. The van der Waals surface area contributed by atoms with E-state index in [1.54, 1.807) is 6.92 Å². The topological polar surface area (TPSA) is 64.1 Å². The van der Waals surface area contributed by atoms with Crippen LogP contribution in [-0.4, -0.2) is 22.5 Å². The first-order valence-corrected chi connectivity index (χ1v) is 8.65. The van der Waals surface area contributed by atoms with Gasteiger partial charge in [-0.2, -0.15) is 0 Å². The van der Waals surface area contributed by atoms with Crippen molar-refractivity contribution < 1.29 is 9.53 Å². The summed E-state index contributed by atoms with van der Waals surface area (Å²) >= 11 is 7.39. The highest BCUT2D eigenvalue weighted by molar-refractivity contribution is 7.20. The van der Waals surface area contributed by atoms with Crippen molar-refractivity contribution in [2.75, 3.05) is 11.9 Å². The van der Waals surface area contributed by atoms with E-state index in [-0.39, 0.29) is 5.97 Å². The van der Waals surface area contributed by atoms with Gasteiger partial charge in [-0.05, 0) is 44.0 Å². The fourth-order valence-corrected chi connectivity index (χ4v) is 3.63. The summed E-state index contributed by atoms with van der Waals surface area (Å²) in [5, 5.41) is 4.77. The lowest BCUT2D eigenvalue weighted by molar-refractivity contribution is 0.0531. The molecule has 0 radical (unpaired) electrons. The summed E-state index contributed by atoms with van der Waals surface area (Å²) in [4.78, 5) is 22.0. The van der Waals surface area contributed by atoms with Crippen LogP contribution in [0.2, 0.25) is 5.02 Å². The lowest BCUT2D eigenvalue weighted by Gasteiger charge is -2.10. The number of hydrogen-bond acceptors (Lipinski definition) is 6. The standard InChI is InChI=1S/C17H16ClN3O2S/c1-4-23-17(22)14-10(3)13-15(19-8-20-16(13)24-14)21-12-7-11(18)6-5-9(12)2/h5-8H,4H2,1-3H3,(H,19,20,21). The van der Waals surface area contributed by atoms with Crippen LogP contribution >= 0.6 is 22.9 Å². The van der Waals surface area contributed by atoms with E-state index in [4.69, 9.17) is 16.3 Å². The molecule has 124 valence electrons. The number of anilines is 2. The summed E-state index contributed by atoms with van der Waals surface area (Å²) in [6, 6.07) is 5.62. The summed E-state index contributed by atoms with van der Waals surface area (Å²) in [5.41, 5.74) is 2.73. The predicted octanol–water partition coefficient (Wildman–Crippen LogP) is 4.88. The minimum absolute atomic E-state index is 0.331. The highest BCUT2D eigenvalue weighted by Gasteiger charge is 2.20. The Morgan fingerprint density at radius 2 is 2.12 bits per heavy atom. The quantitative estimate of drug-likeness (QED) is 0.671. The van der Waals surface area contributed by atoms with Gasteiger partial charge in [0.15, 0.2) is 0 Å². The van der Waals surface area contributed by atoms with Crippen LogP contribution in [-0.2, 0) is 4.74 Å². The van der Waals surface area contributed by atoms with Crippen LogP contribution in [0.15, 0.2) is 24.5 Å². The fraction of sp³-hybridized carbons (Fsp3) is 0.235. The second-order valence-corrected chi connectivity index (χ2v) is 6.70. The Balaban J connectivity index is 2.09. The van der Waals surface area contributed by atoms with E-state index in [9.17, 15) is 4.79 Å². The van der Waals surface area contributed by atoms with Crippen LogP contribution in [0.3, 0.4) is 0 Å². The monoisotopic (exact) mass is 361 g/mol. The molecule has 0 amide bonds. The van der Waals surface area contributed by atoms with E-state index in [1.807, 2.05) is 32.0 Å². The van der Waals surface area contributed by atoms with Crippen molar-refractivity contribution in [1.29, 1.82) is 0 Å². The van der Waals surface area contributed by atoms with Crippen molar-refractivity contribution in [2.45, 2.75) is 20.8 Å². The lowest BCUT2D eigenvalue weighted by Crippen LogP contribution is -2.03. The number of aryl methyl sites for hydroxylation is 2. The first kappa shape index (κ1) is 16.7. The lowest BCUT2D eigenvalue weighted by atomic mass is 10.1. The number of aromatic nitrogens is 2. The molecule has 0 saturated heterocycles. The number of nitrogens with zero attached hydrogens (tertiary/aromatic N) is 2. The molecule has 3 aromatic rings. The van der Waals surface area contributed by atoms with E-state index >= 15 is 0 Å². The number of nitrogens with one attached hydrogen (secondary N) is 1. The van der Waals surface area contributed by atoms with E-state index in [0.29, 0.717) is 22.3 Å². The van der Waals surface area contributed by atoms with Gasteiger partial charge in [0.05, 0.1) is 12.0 Å². The first-order valence-electron chi connectivity index (χ1n) is 7.45. The summed E-state index contributed by atoms with van der Waals surface area (Å²) in [5.74, 6) is 0.317. The van der Waals surface area contributed by atoms with Gasteiger partial charge in [-0.3, -0.25) is 0 Å². The molecule has 0 spiro atoms. The SMILES string of the molecule is CCOC(=O)c1sc2ncnc(Nc3cc(Cl)ccc3C)c2c1C. The third-order valence-corrected chi connectivity index (χ3v) is 5.06. The second-order valence-electron chi connectivity index (χ2n) is 5.26. The van der Waals surface area contributed by atoms with E-state index in [2.05, 4.69) is 15.3 Å². The smallest absolute Gasteiger partial charge is 0.348 e. The van der Waals surface area contributed by atoms with Crippen molar-refractivity contribution in [1.82, 2.24) is 9.97 Å². The molecule has 1 N–H and O–H groups in total. The van der Waals surface area contributed by atoms with E-state index < -0.39 is 0 Å². The van der Waals surface area contributed by atoms with Crippen LogP contribution in [0.4, 0.5) is 11.5 Å². The van der Waals surface area contributed by atoms with Crippen LogP contribution in [0.5, 0.6) is 0 Å². The summed E-state index contributed by atoms with van der Waals surface area (Å²) < 4.78 is 5.12. The van der Waals surface area contributed by atoms with Crippen molar-refractivity contribution in [2.24, 2.45) is 0 Å². The normalized spacial score (nSPS) is 10.8. The summed E-state index contributed by atoms with van der Waals surface area (Å²) in [6.45, 7) is 5.99. The molecule has 0 bridgehead atoms. The largest absolute Gasteiger partial charge is 0.462 e. The summed E-state index contributed by atoms with van der Waals surface area (Å²) in [7, 11) is 0. The van der Waals surface area contributed by atoms with Crippen LogP contribution < -0.4 is 5.32 Å². The van der Waals surface area contributed by atoms with Gasteiger partial charge in [-0.1, -0.05) is 17.7 Å². The maximum atomic E-state index is 12.1. The number of fused-ring (bicyclic) bond motifs is 1. The van der Waals surface area contributed by atoms with Crippen LogP contribution in [0.25, 0.3) is 10.2 Å². The van der Waals surface area contributed by atoms with Gasteiger partial charge in [0.25, 0.3) is 0 Å². The number of benzene rings is 1. The Morgan fingerprint density at radius 1 is 1.33 bits per heavy atom. The molecule has 24 heavy (non-hydrogen) atoms. The van der Waals surface area contributed by atoms with Crippen LogP contribution in [0, 0.1) is 13.8 Å². The van der Waals surface area contributed by atoms with Gasteiger partial charge >= 0.3 is 5.97 Å². The average Bonchev–Trinajstić information content (AvgIpc) is 2.89. The van der Waals surface area contributed by atoms with Gasteiger partial charge in [0, 0.05) is 10.7 Å². The Hall–Kier alpha value is -2.18. The molecule has 3 rings (SSSR count). The number of hydrogen-bond donors (Lipinski definition) is 1. The maximum absolute atomic E-state index is 12.1. The number of esters is 1. The molecule has 0 fully saturated rings. The van der Waals surface area contributed by atoms with E-state index in [1.165, 1.54) is 17.7 Å². The zero-order chi connectivity index (χ0) is 17.3. The van der Waals surface area contributed by atoms with Gasteiger partial charge in [-0.25, -0.2) is 14.8 Å². The number of ether oxygens (including phenoxy) is 1. The third kappa shape index (κ3) is 3.07. The third-order valence-electron chi connectivity index (χ3n) is 3.64. The summed E-state index contributed by atoms with van der Waals surface area (Å²) in [6.07, 6.45) is 1.48. The minimum Gasteiger partial charge on any atom is -0.462 e. The molecule has 0 aliphatic carbocycles. The number of halogens is 1. The van der Waals surface area contributed by atoms with Crippen molar-refractivity contribution in [3.8, 4) is 0 Å². The van der Waals surface area contributed by atoms with Crippen molar-refractivity contribution in [3.05, 3.63) is 45.6 Å². The molecule has 5 nitrogen and oxygen atoms in total. The first-order chi connectivity index (χ1) is 11.5. The fourth-order valence-electron chi connectivity index (χ4n) is 2.41. The average molecular weight is 362 g/mol. The number of thiophene rings is 1. The molecule has 0 aliphatic rings. The van der Waals surface area contributed by atoms with Gasteiger partial charge in [-0.15, -0.1) is 11.3 Å². The molecular weight excluding hydrogens is 346 g/mol. The van der Waals surface area contributed by atoms with Gasteiger partial charge < -0.3 is 10.1 Å². The number of carbonyl (C=O) groups is 1. The molecule has 0 atom stereocenters. The van der Waals surface area contributed by atoms with Crippen LogP contribution in [0.1, 0.15) is 27.7 Å². The van der Waals surface area contributed by atoms with Crippen molar-refractivity contribution in [3.63, 3.8) is 0 Å². The Morgan fingerprint density at radius 3 is 2.88 bits per heavy atom. The van der Waals surface area contributed by atoms with Gasteiger partial charge in [0.2, 0.25) is 0 Å². The molecular formula is C17H16ClN3O2S. The Kier molecular flexibility index (Phi) is 4.69. The Labute approximate surface area is 148 Å². The molecule has 0 unspecified atom stereocenters. The maximum Gasteiger partial charge on any atom is 0.348 e. The molecule has 0 saturated carbocycles. The Bertz CT molecular complexity index is 924. The molecule has 0 aliphatic heterocycles. The van der Waals surface area contributed by atoms with Crippen molar-refractivity contribution >= 4 is 50.6 Å². The molecule has 2 heterocycles. The van der Waals surface area contributed by atoms with Gasteiger partial charge in [0.1, 0.15) is 21.9 Å². The zero-order valence-electron chi connectivity index (χ0n) is 13.5. The van der Waals surface area contributed by atoms with E-state index in [0.717, 1.165) is 27.0 Å². The highest BCUT2D eigenvalue weighted by atomic mass is 35.5. The zero-order valence-corrected chi connectivity index (χ0v) is 15.1. The predicted molar refractivity (Wildman–Crippen MR) is 97.6 cm³/mol. The number of rotatable bonds is 4.